The van der Waals surface area contributed by atoms with Crippen LogP contribution in [0.25, 0.3) is 0 Å². The SMILES string of the molecule is CC(C)C/C(=N\O[C@@H]1C[C@H]2C(=O)N[C@@]3(C(=O)O)C[C@H]3/C=C\CCCCC[C@H](NC(=O)OC3CCCC3)C(=O)N2C1)c1ccccc1. The number of carboxylic acids is 1. The number of hydrogen-bond donors (Lipinski definition) is 3. The first-order valence-electron chi connectivity index (χ1n) is 16.9. The van der Waals surface area contributed by atoms with Gasteiger partial charge in [-0.2, -0.15) is 0 Å². The number of rotatable bonds is 8. The predicted octanol–water partition coefficient (Wildman–Crippen LogP) is 4.94. The molecular weight excluding hydrogens is 588 g/mol. The van der Waals surface area contributed by atoms with E-state index < -0.39 is 47.6 Å². The summed E-state index contributed by atoms with van der Waals surface area (Å²) in [6.45, 7) is 4.26. The summed E-state index contributed by atoms with van der Waals surface area (Å²) in [7, 11) is 0. The van der Waals surface area contributed by atoms with E-state index in [1.807, 2.05) is 42.5 Å². The lowest BCUT2D eigenvalue weighted by Crippen LogP contribution is -2.56. The van der Waals surface area contributed by atoms with Gasteiger partial charge < -0.3 is 30.2 Å². The second-order valence-electron chi connectivity index (χ2n) is 13.6. The molecule has 3 N–H and O–H groups in total. The van der Waals surface area contributed by atoms with Crippen LogP contribution in [0.15, 0.2) is 47.6 Å². The van der Waals surface area contributed by atoms with Gasteiger partial charge in [0.1, 0.15) is 29.8 Å². The van der Waals surface area contributed by atoms with E-state index in [0.717, 1.165) is 56.2 Å². The lowest BCUT2D eigenvalue weighted by molar-refractivity contribution is -0.145. The van der Waals surface area contributed by atoms with Crippen LogP contribution in [0.1, 0.15) is 96.5 Å². The Balaban J connectivity index is 1.39. The molecule has 3 fully saturated rings. The largest absolute Gasteiger partial charge is 0.479 e. The summed E-state index contributed by atoms with van der Waals surface area (Å²) in [6, 6.07) is 7.85. The number of benzene rings is 1. The quantitative estimate of drug-likeness (QED) is 0.208. The highest BCUT2D eigenvalue weighted by molar-refractivity contribution is 6.00. The molecule has 1 saturated heterocycles. The smallest absolute Gasteiger partial charge is 0.408 e. The first kappa shape index (κ1) is 33.5. The zero-order valence-corrected chi connectivity index (χ0v) is 27.0. The zero-order chi connectivity index (χ0) is 32.7. The Labute approximate surface area is 271 Å². The summed E-state index contributed by atoms with van der Waals surface area (Å²) in [5, 5.41) is 20.2. The van der Waals surface area contributed by atoms with Crippen molar-refractivity contribution in [1.82, 2.24) is 15.5 Å². The molecule has 1 aromatic carbocycles. The van der Waals surface area contributed by atoms with E-state index in [1.54, 1.807) is 0 Å². The van der Waals surface area contributed by atoms with Gasteiger partial charge in [-0.25, -0.2) is 9.59 Å². The molecule has 11 nitrogen and oxygen atoms in total. The number of alkyl carbamates (subject to hydrolysis) is 1. The number of fused-ring (bicyclic) bond motifs is 2. The van der Waals surface area contributed by atoms with Gasteiger partial charge in [-0.05, 0) is 69.3 Å². The molecule has 2 heterocycles. The van der Waals surface area contributed by atoms with E-state index >= 15 is 0 Å². The summed E-state index contributed by atoms with van der Waals surface area (Å²) < 4.78 is 5.62. The van der Waals surface area contributed by atoms with Crippen molar-refractivity contribution in [1.29, 1.82) is 0 Å². The highest BCUT2D eigenvalue weighted by atomic mass is 16.6. The van der Waals surface area contributed by atoms with E-state index in [2.05, 4.69) is 29.6 Å². The lowest BCUT2D eigenvalue weighted by atomic mass is 10.0. The summed E-state index contributed by atoms with van der Waals surface area (Å²) in [5.41, 5.74) is 0.293. The molecule has 0 aromatic heterocycles. The summed E-state index contributed by atoms with van der Waals surface area (Å²) in [5.74, 6) is -2.05. The lowest BCUT2D eigenvalue weighted by Gasteiger charge is -2.29. The average Bonchev–Trinajstić information content (AvgIpc) is 3.32. The van der Waals surface area contributed by atoms with Gasteiger partial charge >= 0.3 is 12.1 Å². The molecule has 0 spiro atoms. The molecule has 5 atom stereocenters. The van der Waals surface area contributed by atoms with Crippen LogP contribution in [0.2, 0.25) is 0 Å². The molecule has 2 aliphatic heterocycles. The number of aliphatic carboxylic acids is 1. The van der Waals surface area contributed by atoms with E-state index in [-0.39, 0.29) is 25.0 Å². The third-order valence-corrected chi connectivity index (χ3v) is 9.51. The fourth-order valence-electron chi connectivity index (χ4n) is 6.83. The van der Waals surface area contributed by atoms with E-state index in [1.165, 1.54) is 4.90 Å². The highest BCUT2D eigenvalue weighted by Crippen LogP contribution is 2.45. The van der Waals surface area contributed by atoms with Crippen molar-refractivity contribution >= 4 is 29.6 Å². The third kappa shape index (κ3) is 8.27. The number of nitrogens with one attached hydrogen (secondary N) is 2. The molecule has 2 aliphatic carbocycles. The van der Waals surface area contributed by atoms with Crippen molar-refractivity contribution in [2.24, 2.45) is 17.0 Å². The Morgan fingerprint density at radius 1 is 1.07 bits per heavy atom. The van der Waals surface area contributed by atoms with Gasteiger partial charge in [-0.15, -0.1) is 0 Å². The van der Waals surface area contributed by atoms with Crippen molar-refractivity contribution in [3.05, 3.63) is 48.0 Å². The molecule has 0 bridgehead atoms. The van der Waals surface area contributed by atoms with Crippen LogP contribution in [-0.2, 0) is 24.0 Å². The van der Waals surface area contributed by atoms with Gasteiger partial charge in [0.15, 0.2) is 0 Å². The second-order valence-corrected chi connectivity index (χ2v) is 13.6. The molecule has 1 aromatic rings. The van der Waals surface area contributed by atoms with Gasteiger partial charge in [0.2, 0.25) is 11.8 Å². The Kier molecular flexibility index (Phi) is 11.0. The van der Waals surface area contributed by atoms with Crippen molar-refractivity contribution in [2.75, 3.05) is 6.54 Å². The number of hydrogen-bond acceptors (Lipinski definition) is 7. The number of carboxylic acid groups (broad SMARTS) is 1. The number of amides is 3. The molecule has 0 radical (unpaired) electrons. The molecule has 11 heteroatoms. The number of carbonyl (C=O) groups is 4. The fraction of sp³-hybridized carbons (Fsp3) is 0.629. The molecule has 0 unspecified atom stereocenters. The van der Waals surface area contributed by atoms with E-state index in [4.69, 9.17) is 9.57 Å². The average molecular weight is 637 g/mol. The van der Waals surface area contributed by atoms with Gasteiger partial charge in [0, 0.05) is 12.3 Å². The second kappa shape index (κ2) is 15.1. The van der Waals surface area contributed by atoms with Crippen molar-refractivity contribution in [2.45, 2.75) is 121 Å². The maximum Gasteiger partial charge on any atom is 0.408 e. The first-order valence-corrected chi connectivity index (χ1v) is 16.9. The number of nitrogens with zero attached hydrogens (tertiary/aromatic N) is 2. The van der Waals surface area contributed by atoms with Gasteiger partial charge in [-0.3, -0.25) is 9.59 Å². The standard InChI is InChI=1S/C35H48N4O7/c1-23(2)19-29(24-13-7-6-8-14-24)38-46-27-20-30-31(40)37-35(33(42)43)21-25(35)15-9-4-3-5-10-18-28(32(41)39(30)22-27)36-34(44)45-26-16-11-12-17-26/h6-9,13-15,23,25-28,30H,3-5,10-12,16-22H2,1-2H3,(H,36,44)(H,37,40)(H,42,43)/b15-9-,38-29+/t25-,27-,28+,30+,35+/m1/s1. The molecular formula is C35H48N4O7. The normalized spacial score (nSPS) is 30.0. The van der Waals surface area contributed by atoms with Crippen LogP contribution in [0.5, 0.6) is 0 Å². The van der Waals surface area contributed by atoms with E-state index in [9.17, 15) is 24.3 Å². The first-order chi connectivity index (χ1) is 22.2. The van der Waals surface area contributed by atoms with Crippen molar-refractivity contribution < 1.29 is 33.9 Å². The van der Waals surface area contributed by atoms with Crippen LogP contribution in [0.4, 0.5) is 4.79 Å². The van der Waals surface area contributed by atoms with E-state index in [0.29, 0.717) is 31.6 Å². The molecule has 5 rings (SSSR count). The van der Waals surface area contributed by atoms with Crippen molar-refractivity contribution in [3.8, 4) is 0 Å². The Morgan fingerprint density at radius 3 is 2.52 bits per heavy atom. The molecule has 2 saturated carbocycles. The van der Waals surface area contributed by atoms with Crippen LogP contribution < -0.4 is 10.6 Å². The summed E-state index contributed by atoms with van der Waals surface area (Å²) in [4.78, 5) is 60.8. The molecule has 250 valence electrons. The number of ether oxygens (including phenoxy) is 1. The monoisotopic (exact) mass is 636 g/mol. The van der Waals surface area contributed by atoms with Crippen LogP contribution in [0.3, 0.4) is 0 Å². The summed E-state index contributed by atoms with van der Waals surface area (Å²) >= 11 is 0. The number of carbonyl (C=O) groups excluding carboxylic acids is 3. The minimum absolute atomic E-state index is 0.0728. The summed E-state index contributed by atoms with van der Waals surface area (Å²) in [6.07, 6.45) is 10.8. The fourth-order valence-corrected chi connectivity index (χ4v) is 6.83. The molecule has 46 heavy (non-hydrogen) atoms. The van der Waals surface area contributed by atoms with Gasteiger partial charge in [-0.1, -0.05) is 74.3 Å². The molecule has 4 aliphatic rings. The van der Waals surface area contributed by atoms with Crippen molar-refractivity contribution in [3.63, 3.8) is 0 Å². The predicted molar refractivity (Wildman–Crippen MR) is 172 cm³/mol. The maximum atomic E-state index is 14.2. The minimum atomic E-state index is -1.40. The Morgan fingerprint density at radius 2 is 1.80 bits per heavy atom. The van der Waals surface area contributed by atoms with Crippen LogP contribution in [0, 0.1) is 11.8 Å². The molecule has 3 amide bonds. The minimum Gasteiger partial charge on any atom is -0.479 e. The topological polar surface area (TPSA) is 147 Å². The van der Waals surface area contributed by atoms with Gasteiger partial charge in [0.25, 0.3) is 0 Å². The number of allylic oxidation sites excluding steroid dienone is 1. The van der Waals surface area contributed by atoms with Gasteiger partial charge in [0.05, 0.1) is 12.3 Å². The Hall–Kier alpha value is -3.89. The Bertz CT molecular complexity index is 1310. The van der Waals surface area contributed by atoms with Crippen LogP contribution in [-0.4, -0.2) is 76.0 Å². The third-order valence-electron chi connectivity index (χ3n) is 9.51. The number of oxime groups is 1. The highest BCUT2D eigenvalue weighted by Gasteiger charge is 2.61. The maximum absolute atomic E-state index is 14.2. The van der Waals surface area contributed by atoms with Crippen LogP contribution >= 0.6 is 0 Å². The zero-order valence-electron chi connectivity index (χ0n) is 27.0.